The summed E-state index contributed by atoms with van der Waals surface area (Å²) in [5.41, 5.74) is 1.48. The zero-order valence-corrected chi connectivity index (χ0v) is 11.3. The molecular formula is C14H19N3O2. The number of aromatic carboxylic acids is 1. The number of imidazole rings is 1. The van der Waals surface area contributed by atoms with E-state index in [2.05, 4.69) is 28.8 Å². The van der Waals surface area contributed by atoms with E-state index in [0.29, 0.717) is 17.1 Å². The van der Waals surface area contributed by atoms with Crippen LogP contribution in [0.5, 0.6) is 0 Å². The fourth-order valence-electron chi connectivity index (χ4n) is 2.34. The van der Waals surface area contributed by atoms with E-state index in [9.17, 15) is 4.79 Å². The van der Waals surface area contributed by atoms with Crippen molar-refractivity contribution in [3.8, 4) is 0 Å². The van der Waals surface area contributed by atoms with Gasteiger partial charge in [0.05, 0.1) is 11.1 Å². The molecule has 2 heterocycles. The normalized spacial score (nSPS) is 11.3. The van der Waals surface area contributed by atoms with Crippen molar-refractivity contribution in [2.45, 2.75) is 45.4 Å². The summed E-state index contributed by atoms with van der Waals surface area (Å²) in [7, 11) is 0. The number of nitrogens with zero attached hydrogens (tertiary/aromatic N) is 2. The van der Waals surface area contributed by atoms with Gasteiger partial charge in [-0.3, -0.25) is 0 Å². The summed E-state index contributed by atoms with van der Waals surface area (Å²) in [6.45, 7) is 4.32. The molecule has 5 heteroatoms. The lowest BCUT2D eigenvalue weighted by Gasteiger charge is -2.11. The standard InChI is InChI=1S/C14H19N3O2/c1-3-5-9(6-4-2)12-16-11-7-10(14(18)19)8-15-13(11)17-12/h7-9H,3-6H2,1-2H3,(H,18,19)(H,15,16,17). The minimum Gasteiger partial charge on any atom is -0.478 e. The van der Waals surface area contributed by atoms with Gasteiger partial charge in [0.1, 0.15) is 5.82 Å². The van der Waals surface area contributed by atoms with Crippen molar-refractivity contribution in [3.05, 3.63) is 23.7 Å². The maximum atomic E-state index is 10.9. The van der Waals surface area contributed by atoms with Crippen LogP contribution in [0, 0.1) is 0 Å². The molecule has 0 aliphatic rings. The molecule has 0 saturated heterocycles. The molecule has 2 aromatic rings. The summed E-state index contributed by atoms with van der Waals surface area (Å²) in [6.07, 6.45) is 5.73. The first-order valence-electron chi connectivity index (χ1n) is 6.74. The number of pyridine rings is 1. The smallest absolute Gasteiger partial charge is 0.337 e. The molecule has 0 radical (unpaired) electrons. The highest BCUT2D eigenvalue weighted by Crippen LogP contribution is 2.25. The van der Waals surface area contributed by atoms with Gasteiger partial charge in [-0.15, -0.1) is 0 Å². The van der Waals surface area contributed by atoms with Gasteiger partial charge in [0.15, 0.2) is 5.65 Å². The van der Waals surface area contributed by atoms with E-state index < -0.39 is 5.97 Å². The number of carboxylic acids is 1. The monoisotopic (exact) mass is 261 g/mol. The van der Waals surface area contributed by atoms with Crippen LogP contribution in [0.25, 0.3) is 11.2 Å². The number of fused-ring (bicyclic) bond motifs is 1. The SMILES string of the molecule is CCCC(CCC)c1nc2ncc(C(=O)O)cc2[nH]1. The van der Waals surface area contributed by atoms with Gasteiger partial charge in [0.25, 0.3) is 0 Å². The maximum absolute atomic E-state index is 10.9. The zero-order chi connectivity index (χ0) is 13.8. The number of rotatable bonds is 6. The Labute approximate surface area is 112 Å². The van der Waals surface area contributed by atoms with Crippen molar-refractivity contribution in [3.63, 3.8) is 0 Å². The Morgan fingerprint density at radius 3 is 2.63 bits per heavy atom. The first-order chi connectivity index (χ1) is 9.15. The highest BCUT2D eigenvalue weighted by molar-refractivity contribution is 5.90. The average molecular weight is 261 g/mol. The summed E-state index contributed by atoms with van der Waals surface area (Å²) in [4.78, 5) is 22.7. The number of carboxylic acid groups (broad SMARTS) is 1. The van der Waals surface area contributed by atoms with Gasteiger partial charge in [-0.2, -0.15) is 0 Å². The molecule has 0 bridgehead atoms. The number of hydrogen-bond acceptors (Lipinski definition) is 3. The van der Waals surface area contributed by atoms with E-state index in [4.69, 9.17) is 5.11 Å². The Balaban J connectivity index is 2.36. The molecule has 2 N–H and O–H groups in total. The fraction of sp³-hybridized carbons (Fsp3) is 0.500. The summed E-state index contributed by atoms with van der Waals surface area (Å²) in [6, 6.07) is 1.59. The van der Waals surface area contributed by atoms with E-state index in [1.807, 2.05) is 0 Å². The van der Waals surface area contributed by atoms with Crippen molar-refractivity contribution < 1.29 is 9.90 Å². The summed E-state index contributed by atoms with van der Waals surface area (Å²) in [5, 5.41) is 8.95. The van der Waals surface area contributed by atoms with E-state index in [1.54, 1.807) is 6.07 Å². The Morgan fingerprint density at radius 1 is 1.37 bits per heavy atom. The number of H-pyrrole nitrogens is 1. The molecule has 0 aromatic carbocycles. The van der Waals surface area contributed by atoms with Gasteiger partial charge in [-0.1, -0.05) is 26.7 Å². The number of aromatic amines is 1. The molecule has 0 saturated carbocycles. The predicted molar refractivity (Wildman–Crippen MR) is 73.4 cm³/mol. The number of aromatic nitrogens is 3. The Bertz CT molecular complexity index is 571. The van der Waals surface area contributed by atoms with Crippen molar-refractivity contribution in [1.82, 2.24) is 15.0 Å². The first kappa shape index (κ1) is 13.5. The van der Waals surface area contributed by atoms with Gasteiger partial charge < -0.3 is 10.1 Å². The Kier molecular flexibility index (Phi) is 4.14. The Hall–Kier alpha value is -1.91. The minimum absolute atomic E-state index is 0.185. The van der Waals surface area contributed by atoms with Crippen molar-refractivity contribution in [2.24, 2.45) is 0 Å². The van der Waals surface area contributed by atoms with Crippen LogP contribution in [0.4, 0.5) is 0 Å². The predicted octanol–water partition coefficient (Wildman–Crippen LogP) is 3.34. The second-order valence-corrected chi connectivity index (χ2v) is 4.80. The molecule has 0 spiro atoms. The molecule has 0 aliphatic carbocycles. The van der Waals surface area contributed by atoms with Crippen molar-refractivity contribution in [2.75, 3.05) is 0 Å². The lowest BCUT2D eigenvalue weighted by Crippen LogP contribution is -2.00. The highest BCUT2D eigenvalue weighted by atomic mass is 16.4. The van der Waals surface area contributed by atoms with Crippen LogP contribution in [-0.2, 0) is 0 Å². The van der Waals surface area contributed by atoms with Gasteiger partial charge in [0, 0.05) is 12.1 Å². The molecule has 0 aliphatic heterocycles. The molecule has 0 fully saturated rings. The van der Waals surface area contributed by atoms with Gasteiger partial charge in [0.2, 0.25) is 0 Å². The molecule has 5 nitrogen and oxygen atoms in total. The number of carbonyl (C=O) groups is 1. The van der Waals surface area contributed by atoms with Gasteiger partial charge >= 0.3 is 5.97 Å². The van der Waals surface area contributed by atoms with Gasteiger partial charge in [-0.25, -0.2) is 14.8 Å². The van der Waals surface area contributed by atoms with E-state index in [0.717, 1.165) is 31.5 Å². The van der Waals surface area contributed by atoms with E-state index in [-0.39, 0.29) is 5.56 Å². The minimum atomic E-state index is -0.968. The number of hydrogen-bond donors (Lipinski definition) is 2. The molecular weight excluding hydrogens is 242 g/mol. The molecule has 0 atom stereocenters. The van der Waals surface area contributed by atoms with Crippen LogP contribution in [0.15, 0.2) is 12.3 Å². The highest BCUT2D eigenvalue weighted by Gasteiger charge is 2.15. The molecule has 2 aromatic heterocycles. The topological polar surface area (TPSA) is 78.9 Å². The Morgan fingerprint density at radius 2 is 2.05 bits per heavy atom. The van der Waals surface area contributed by atoms with Crippen LogP contribution < -0.4 is 0 Å². The van der Waals surface area contributed by atoms with E-state index in [1.165, 1.54) is 6.20 Å². The second kappa shape index (κ2) is 5.82. The lowest BCUT2D eigenvalue weighted by atomic mass is 9.98. The third-order valence-corrected chi connectivity index (χ3v) is 3.26. The van der Waals surface area contributed by atoms with Crippen LogP contribution in [0.3, 0.4) is 0 Å². The molecule has 0 unspecified atom stereocenters. The van der Waals surface area contributed by atoms with E-state index >= 15 is 0 Å². The maximum Gasteiger partial charge on any atom is 0.337 e. The van der Waals surface area contributed by atoms with Crippen LogP contribution >= 0.6 is 0 Å². The fourth-order valence-corrected chi connectivity index (χ4v) is 2.34. The quantitative estimate of drug-likeness (QED) is 0.835. The molecule has 0 amide bonds. The average Bonchev–Trinajstić information content (AvgIpc) is 2.80. The van der Waals surface area contributed by atoms with Crippen LogP contribution in [0.2, 0.25) is 0 Å². The third kappa shape index (κ3) is 2.92. The molecule has 2 rings (SSSR count). The first-order valence-corrected chi connectivity index (χ1v) is 6.74. The molecule has 19 heavy (non-hydrogen) atoms. The van der Waals surface area contributed by atoms with Crippen molar-refractivity contribution >= 4 is 17.1 Å². The van der Waals surface area contributed by atoms with Gasteiger partial charge in [-0.05, 0) is 18.9 Å². The third-order valence-electron chi connectivity index (χ3n) is 3.26. The summed E-state index contributed by atoms with van der Waals surface area (Å²) < 4.78 is 0. The van der Waals surface area contributed by atoms with Crippen molar-refractivity contribution in [1.29, 1.82) is 0 Å². The zero-order valence-electron chi connectivity index (χ0n) is 11.3. The summed E-state index contributed by atoms with van der Waals surface area (Å²) in [5.74, 6) is 0.357. The second-order valence-electron chi connectivity index (χ2n) is 4.80. The largest absolute Gasteiger partial charge is 0.478 e. The molecule has 102 valence electrons. The lowest BCUT2D eigenvalue weighted by molar-refractivity contribution is 0.0696. The summed E-state index contributed by atoms with van der Waals surface area (Å²) >= 11 is 0. The van der Waals surface area contributed by atoms with Crippen LogP contribution in [0.1, 0.15) is 61.6 Å². The van der Waals surface area contributed by atoms with Crippen LogP contribution in [-0.4, -0.2) is 26.0 Å². The number of nitrogens with one attached hydrogen (secondary N) is 1.